The predicted molar refractivity (Wildman–Crippen MR) is 82.1 cm³/mol. The van der Waals surface area contributed by atoms with Crippen LogP contribution in [0.15, 0.2) is 12.4 Å². The van der Waals surface area contributed by atoms with Crippen LogP contribution < -0.4 is 16.4 Å². The van der Waals surface area contributed by atoms with Gasteiger partial charge in [-0.2, -0.15) is 5.10 Å². The molecule has 4 N–H and O–H groups in total. The second-order valence-corrected chi connectivity index (χ2v) is 5.17. The van der Waals surface area contributed by atoms with E-state index >= 15 is 0 Å². The molecule has 1 aliphatic heterocycles. The smallest absolute Gasteiger partial charge is 0.239 e. The van der Waals surface area contributed by atoms with Gasteiger partial charge in [-0.25, -0.2) is 0 Å². The van der Waals surface area contributed by atoms with E-state index in [1.54, 1.807) is 6.20 Å². The molecule has 118 valence electrons. The summed E-state index contributed by atoms with van der Waals surface area (Å²) in [5.41, 5.74) is 5.67. The van der Waals surface area contributed by atoms with E-state index in [1.807, 2.05) is 0 Å². The van der Waals surface area contributed by atoms with Crippen LogP contribution in [0.4, 0.5) is 5.69 Å². The average Bonchev–Trinajstić information content (AvgIpc) is 2.84. The Morgan fingerprint density at radius 3 is 2.81 bits per heavy atom. The van der Waals surface area contributed by atoms with E-state index in [1.165, 1.54) is 10.9 Å². The van der Waals surface area contributed by atoms with Crippen molar-refractivity contribution in [1.29, 1.82) is 0 Å². The maximum Gasteiger partial charge on any atom is 0.239 e. The molecule has 1 fully saturated rings. The number of carbonyl (C=O) groups is 2. The van der Waals surface area contributed by atoms with Crippen LogP contribution in [0.2, 0.25) is 0 Å². The number of amides is 2. The number of carbonyl (C=O) groups excluding carboxylic acids is 2. The van der Waals surface area contributed by atoms with E-state index in [-0.39, 0.29) is 24.9 Å². The molecule has 0 aliphatic carbocycles. The normalized spacial score (nSPS) is 15.2. The lowest BCUT2D eigenvalue weighted by Crippen LogP contribution is -2.28. The number of nitrogens with zero attached hydrogens (tertiary/aromatic N) is 2. The number of anilines is 1. The van der Waals surface area contributed by atoms with Gasteiger partial charge in [-0.3, -0.25) is 14.3 Å². The average molecular weight is 316 g/mol. The largest absolute Gasteiger partial charge is 0.368 e. The molecule has 0 spiro atoms. The summed E-state index contributed by atoms with van der Waals surface area (Å²) in [7, 11) is 0. The first-order chi connectivity index (χ1) is 9.63. The Bertz CT molecular complexity index is 471. The minimum Gasteiger partial charge on any atom is -0.368 e. The van der Waals surface area contributed by atoms with Gasteiger partial charge < -0.3 is 16.4 Å². The summed E-state index contributed by atoms with van der Waals surface area (Å²) in [6, 6.07) is 0. The van der Waals surface area contributed by atoms with Gasteiger partial charge in [-0.15, -0.1) is 12.4 Å². The van der Waals surface area contributed by atoms with Gasteiger partial charge in [0.2, 0.25) is 11.8 Å². The molecule has 8 heteroatoms. The van der Waals surface area contributed by atoms with Gasteiger partial charge >= 0.3 is 0 Å². The second-order valence-electron chi connectivity index (χ2n) is 5.17. The second kappa shape index (κ2) is 8.63. The molecule has 0 bridgehead atoms. The number of aromatic nitrogens is 2. The van der Waals surface area contributed by atoms with E-state index in [0.717, 1.165) is 32.4 Å². The van der Waals surface area contributed by atoms with Gasteiger partial charge in [0.15, 0.2) is 0 Å². The number of halogens is 1. The summed E-state index contributed by atoms with van der Waals surface area (Å²) < 4.78 is 1.41. The van der Waals surface area contributed by atoms with E-state index < -0.39 is 5.91 Å². The Morgan fingerprint density at radius 2 is 2.14 bits per heavy atom. The number of rotatable bonds is 6. The SMILES string of the molecule is Cl.NC(=O)Cn1cc(NC(=O)CCC2CCNCC2)cn1. The minimum atomic E-state index is -0.461. The van der Waals surface area contributed by atoms with Crippen molar-refractivity contribution < 1.29 is 9.59 Å². The first-order valence-corrected chi connectivity index (χ1v) is 6.95. The van der Waals surface area contributed by atoms with Crippen LogP contribution in [-0.2, 0) is 16.1 Å². The fraction of sp³-hybridized carbons (Fsp3) is 0.615. The monoisotopic (exact) mass is 315 g/mol. The molecule has 2 amide bonds. The number of nitrogens with one attached hydrogen (secondary N) is 2. The summed E-state index contributed by atoms with van der Waals surface area (Å²) in [6.07, 6.45) is 6.85. The van der Waals surface area contributed by atoms with Gasteiger partial charge in [0.1, 0.15) is 6.54 Å². The topological polar surface area (TPSA) is 102 Å². The predicted octanol–water partition coefficient (Wildman–Crippen LogP) is 0.508. The number of hydrogen-bond donors (Lipinski definition) is 3. The minimum absolute atomic E-state index is 0. The highest BCUT2D eigenvalue weighted by molar-refractivity contribution is 5.90. The van der Waals surface area contributed by atoms with Gasteiger partial charge in [0.05, 0.1) is 11.9 Å². The lowest BCUT2D eigenvalue weighted by molar-refractivity contribution is -0.119. The number of nitrogens with two attached hydrogens (primary N) is 1. The van der Waals surface area contributed by atoms with Crippen LogP contribution in [0.3, 0.4) is 0 Å². The molecule has 1 saturated heterocycles. The number of primary amides is 1. The van der Waals surface area contributed by atoms with E-state index in [2.05, 4.69) is 15.7 Å². The third-order valence-corrected chi connectivity index (χ3v) is 3.47. The summed E-state index contributed by atoms with van der Waals surface area (Å²) in [5, 5.41) is 10.0. The van der Waals surface area contributed by atoms with E-state index in [0.29, 0.717) is 18.0 Å². The molecule has 7 nitrogen and oxygen atoms in total. The maximum absolute atomic E-state index is 11.8. The van der Waals surface area contributed by atoms with Gasteiger partial charge in [-0.1, -0.05) is 0 Å². The summed E-state index contributed by atoms with van der Waals surface area (Å²) >= 11 is 0. The van der Waals surface area contributed by atoms with E-state index in [4.69, 9.17) is 5.73 Å². The molecular weight excluding hydrogens is 294 g/mol. The fourth-order valence-electron chi connectivity index (χ4n) is 2.40. The van der Waals surface area contributed by atoms with Crippen LogP contribution in [0.25, 0.3) is 0 Å². The first-order valence-electron chi connectivity index (χ1n) is 6.95. The van der Waals surface area contributed by atoms with Gasteiger partial charge in [-0.05, 0) is 38.3 Å². The van der Waals surface area contributed by atoms with Crippen molar-refractivity contribution in [2.45, 2.75) is 32.2 Å². The summed E-state index contributed by atoms with van der Waals surface area (Å²) in [4.78, 5) is 22.6. The standard InChI is InChI=1S/C13H21N5O2.ClH/c14-12(19)9-18-8-11(7-16-18)17-13(20)2-1-10-3-5-15-6-4-10;/h7-8,10,15H,1-6,9H2,(H2,14,19)(H,17,20);1H. The van der Waals surface area contributed by atoms with Crippen LogP contribution in [0, 0.1) is 5.92 Å². The van der Waals surface area contributed by atoms with Crippen molar-refractivity contribution in [2.24, 2.45) is 11.7 Å². The zero-order valence-corrected chi connectivity index (χ0v) is 12.7. The Hall–Kier alpha value is -1.60. The molecule has 21 heavy (non-hydrogen) atoms. The van der Waals surface area contributed by atoms with Crippen molar-refractivity contribution in [1.82, 2.24) is 15.1 Å². The van der Waals surface area contributed by atoms with Gasteiger partial charge in [0, 0.05) is 12.6 Å². The molecular formula is C13H22ClN5O2. The van der Waals surface area contributed by atoms with Crippen molar-refractivity contribution >= 4 is 29.9 Å². The summed E-state index contributed by atoms with van der Waals surface area (Å²) in [6.45, 7) is 2.11. The third-order valence-electron chi connectivity index (χ3n) is 3.47. The first kappa shape index (κ1) is 17.5. The molecule has 0 radical (unpaired) electrons. The lowest BCUT2D eigenvalue weighted by atomic mass is 9.93. The zero-order valence-electron chi connectivity index (χ0n) is 11.9. The Balaban J connectivity index is 0.00000220. The van der Waals surface area contributed by atoms with Crippen molar-refractivity contribution in [3.05, 3.63) is 12.4 Å². The molecule has 2 heterocycles. The van der Waals surface area contributed by atoms with Crippen LogP contribution in [0.1, 0.15) is 25.7 Å². The number of piperidine rings is 1. The summed E-state index contributed by atoms with van der Waals surface area (Å²) in [5.74, 6) is 0.165. The van der Waals surface area contributed by atoms with E-state index in [9.17, 15) is 9.59 Å². The van der Waals surface area contributed by atoms with Crippen molar-refractivity contribution in [2.75, 3.05) is 18.4 Å². The Kier molecular flexibility index (Phi) is 7.18. The molecule has 0 unspecified atom stereocenters. The highest BCUT2D eigenvalue weighted by Gasteiger charge is 2.14. The molecule has 0 atom stereocenters. The molecule has 1 aromatic heterocycles. The lowest BCUT2D eigenvalue weighted by Gasteiger charge is -2.22. The molecule has 0 saturated carbocycles. The fourth-order valence-corrected chi connectivity index (χ4v) is 2.40. The van der Waals surface area contributed by atoms with Crippen molar-refractivity contribution in [3.63, 3.8) is 0 Å². The number of hydrogen-bond acceptors (Lipinski definition) is 4. The Labute approximate surface area is 130 Å². The zero-order chi connectivity index (χ0) is 14.4. The molecule has 1 aliphatic rings. The molecule has 2 rings (SSSR count). The van der Waals surface area contributed by atoms with Gasteiger partial charge in [0.25, 0.3) is 0 Å². The maximum atomic E-state index is 11.8. The quantitative estimate of drug-likeness (QED) is 0.711. The van der Waals surface area contributed by atoms with Crippen molar-refractivity contribution in [3.8, 4) is 0 Å². The highest BCUT2D eigenvalue weighted by Crippen LogP contribution is 2.18. The third kappa shape index (κ3) is 6.14. The molecule has 0 aromatic carbocycles. The van der Waals surface area contributed by atoms with Crippen LogP contribution in [0.5, 0.6) is 0 Å². The van der Waals surface area contributed by atoms with Crippen LogP contribution >= 0.6 is 12.4 Å². The Morgan fingerprint density at radius 1 is 1.43 bits per heavy atom. The highest BCUT2D eigenvalue weighted by atomic mass is 35.5. The van der Waals surface area contributed by atoms with Crippen LogP contribution in [-0.4, -0.2) is 34.7 Å². The molecule has 1 aromatic rings.